The molecule has 1 aliphatic heterocycles. The molecule has 4 nitrogen and oxygen atoms in total. The summed E-state index contributed by atoms with van der Waals surface area (Å²) in [5, 5.41) is 1.14. The third-order valence-electron chi connectivity index (χ3n) is 6.20. The quantitative estimate of drug-likeness (QED) is 0.492. The predicted octanol–water partition coefficient (Wildman–Crippen LogP) is 4.61. The van der Waals surface area contributed by atoms with E-state index in [4.69, 9.17) is 4.98 Å². The minimum Gasteiger partial charge on any atom is -0.315 e. The number of pyridine rings is 2. The highest BCUT2D eigenvalue weighted by Crippen LogP contribution is 2.25. The largest absolute Gasteiger partial charge is 0.315 e. The maximum atomic E-state index is 13.7. The number of hydrogen-bond acceptors (Lipinski definition) is 3. The summed E-state index contributed by atoms with van der Waals surface area (Å²) in [7, 11) is 1.83. The first-order chi connectivity index (χ1) is 15.0. The Morgan fingerprint density at radius 3 is 2.74 bits per heavy atom. The van der Waals surface area contributed by atoms with Crippen molar-refractivity contribution in [3.05, 3.63) is 99.3 Å². The zero-order valence-electron chi connectivity index (χ0n) is 17.7. The summed E-state index contributed by atoms with van der Waals surface area (Å²) in [4.78, 5) is 20.2. The molecule has 1 aliphatic rings. The molecule has 0 amide bonds. The Bertz CT molecular complexity index is 1360. The van der Waals surface area contributed by atoms with Crippen LogP contribution in [0.15, 0.2) is 65.5 Å². The maximum absolute atomic E-state index is 13.7. The van der Waals surface area contributed by atoms with Crippen LogP contribution in [0.3, 0.4) is 0 Å². The molecule has 0 fully saturated rings. The monoisotopic (exact) mass is 413 g/mol. The van der Waals surface area contributed by atoms with Gasteiger partial charge < -0.3 is 4.57 Å². The van der Waals surface area contributed by atoms with Crippen LogP contribution in [0, 0.1) is 12.7 Å². The molecule has 0 unspecified atom stereocenters. The summed E-state index contributed by atoms with van der Waals surface area (Å²) in [6.45, 7) is 4.12. The Kier molecular flexibility index (Phi) is 4.91. The first-order valence-corrected chi connectivity index (χ1v) is 10.5. The minimum absolute atomic E-state index is 0.0330. The molecule has 0 saturated carbocycles. The van der Waals surface area contributed by atoms with Crippen molar-refractivity contribution in [2.45, 2.75) is 26.4 Å². The average molecular weight is 413 g/mol. The van der Waals surface area contributed by atoms with Gasteiger partial charge in [0.05, 0.1) is 11.2 Å². The van der Waals surface area contributed by atoms with Gasteiger partial charge in [0.2, 0.25) is 0 Å². The summed E-state index contributed by atoms with van der Waals surface area (Å²) in [5.41, 5.74) is 6.16. The van der Waals surface area contributed by atoms with E-state index in [1.165, 1.54) is 6.07 Å². The molecule has 0 N–H and O–H groups in total. The Labute approximate surface area is 180 Å². The normalized spacial score (nSPS) is 14.0. The highest BCUT2D eigenvalue weighted by Gasteiger charge is 2.22. The molecule has 0 bridgehead atoms. The molecule has 0 atom stereocenters. The Morgan fingerprint density at radius 1 is 1.06 bits per heavy atom. The molecule has 0 aliphatic carbocycles. The lowest BCUT2D eigenvalue weighted by molar-refractivity contribution is 0.238. The third kappa shape index (κ3) is 3.66. The van der Waals surface area contributed by atoms with E-state index in [0.29, 0.717) is 11.1 Å². The number of aryl methyl sites for hydroxylation is 1. The summed E-state index contributed by atoms with van der Waals surface area (Å²) < 4.78 is 15.5. The van der Waals surface area contributed by atoms with E-state index in [2.05, 4.69) is 23.1 Å². The van der Waals surface area contributed by atoms with E-state index in [1.54, 1.807) is 23.6 Å². The second-order valence-corrected chi connectivity index (χ2v) is 8.31. The van der Waals surface area contributed by atoms with Crippen LogP contribution in [-0.2, 0) is 26.6 Å². The Balaban J connectivity index is 1.46. The lowest BCUT2D eigenvalue weighted by Crippen LogP contribution is -2.35. The van der Waals surface area contributed by atoms with E-state index in [1.807, 2.05) is 31.3 Å². The van der Waals surface area contributed by atoms with Crippen LogP contribution in [0.4, 0.5) is 4.39 Å². The van der Waals surface area contributed by atoms with Crippen molar-refractivity contribution < 1.29 is 4.39 Å². The molecule has 5 heteroatoms. The van der Waals surface area contributed by atoms with Gasteiger partial charge in [-0.25, -0.2) is 4.39 Å². The highest BCUT2D eigenvalue weighted by molar-refractivity contribution is 5.78. The van der Waals surface area contributed by atoms with Crippen molar-refractivity contribution >= 4 is 10.9 Å². The van der Waals surface area contributed by atoms with E-state index >= 15 is 0 Å². The van der Waals surface area contributed by atoms with Crippen molar-refractivity contribution in [1.29, 1.82) is 0 Å². The SMILES string of the molecule is Cc1cc(-c2cc3c(n(C)c2=O)CCN(Cc2ccc4ccccc4n2)C3)ccc1F. The Morgan fingerprint density at radius 2 is 1.90 bits per heavy atom. The number of nitrogens with zero attached hydrogens (tertiary/aromatic N) is 3. The van der Waals surface area contributed by atoms with Crippen molar-refractivity contribution in [3.63, 3.8) is 0 Å². The highest BCUT2D eigenvalue weighted by atomic mass is 19.1. The number of halogens is 1. The number of aromatic nitrogens is 2. The summed E-state index contributed by atoms with van der Waals surface area (Å²) in [6, 6.07) is 19.2. The van der Waals surface area contributed by atoms with E-state index in [9.17, 15) is 9.18 Å². The number of rotatable bonds is 3. The summed E-state index contributed by atoms with van der Waals surface area (Å²) in [5.74, 6) is -0.257. The lowest BCUT2D eigenvalue weighted by Gasteiger charge is -2.30. The second kappa shape index (κ2) is 7.75. The van der Waals surface area contributed by atoms with Gasteiger partial charge in [-0.1, -0.05) is 30.3 Å². The molecule has 5 rings (SSSR count). The third-order valence-corrected chi connectivity index (χ3v) is 6.20. The van der Waals surface area contributed by atoms with Gasteiger partial charge >= 0.3 is 0 Å². The van der Waals surface area contributed by atoms with Crippen LogP contribution in [0.25, 0.3) is 22.0 Å². The van der Waals surface area contributed by atoms with Crippen molar-refractivity contribution in [2.75, 3.05) is 6.54 Å². The average Bonchev–Trinajstić information content (AvgIpc) is 2.78. The first kappa shape index (κ1) is 19.6. The fourth-order valence-electron chi connectivity index (χ4n) is 4.47. The van der Waals surface area contributed by atoms with Gasteiger partial charge in [0.15, 0.2) is 0 Å². The van der Waals surface area contributed by atoms with Crippen LogP contribution in [0.2, 0.25) is 0 Å². The van der Waals surface area contributed by atoms with Crippen molar-refractivity contribution in [1.82, 2.24) is 14.5 Å². The molecule has 4 aromatic rings. The van der Waals surface area contributed by atoms with Crippen molar-refractivity contribution in [2.24, 2.45) is 7.05 Å². The molecule has 0 radical (unpaired) electrons. The zero-order chi connectivity index (χ0) is 21.5. The summed E-state index contributed by atoms with van der Waals surface area (Å²) in [6.07, 6.45) is 0.817. The van der Waals surface area contributed by atoms with Gasteiger partial charge in [0, 0.05) is 49.7 Å². The van der Waals surface area contributed by atoms with Gasteiger partial charge in [-0.15, -0.1) is 0 Å². The van der Waals surface area contributed by atoms with Gasteiger partial charge in [-0.05, 0) is 53.9 Å². The van der Waals surface area contributed by atoms with Crippen LogP contribution in [0.1, 0.15) is 22.5 Å². The molecule has 31 heavy (non-hydrogen) atoms. The molecule has 2 aromatic heterocycles. The molecule has 156 valence electrons. The Hall–Kier alpha value is -3.31. The minimum atomic E-state index is -0.257. The fraction of sp³-hybridized carbons (Fsp3) is 0.231. The molecule has 0 spiro atoms. The van der Waals surface area contributed by atoms with E-state index in [0.717, 1.165) is 59.5 Å². The second-order valence-electron chi connectivity index (χ2n) is 8.31. The van der Waals surface area contributed by atoms with Crippen LogP contribution in [0.5, 0.6) is 0 Å². The summed E-state index contributed by atoms with van der Waals surface area (Å²) >= 11 is 0. The zero-order valence-corrected chi connectivity index (χ0v) is 17.7. The fourth-order valence-corrected chi connectivity index (χ4v) is 4.47. The topological polar surface area (TPSA) is 38.1 Å². The molecule has 3 heterocycles. The van der Waals surface area contributed by atoms with E-state index in [-0.39, 0.29) is 11.4 Å². The molecule has 0 saturated heterocycles. The molecular formula is C26H24FN3O. The first-order valence-electron chi connectivity index (χ1n) is 10.5. The van der Waals surface area contributed by atoms with Gasteiger partial charge in [0.1, 0.15) is 5.82 Å². The number of benzene rings is 2. The lowest BCUT2D eigenvalue weighted by atomic mass is 9.98. The molecule has 2 aromatic carbocycles. The van der Waals surface area contributed by atoms with Crippen LogP contribution in [-0.4, -0.2) is 21.0 Å². The number of hydrogen-bond donors (Lipinski definition) is 0. The number of para-hydroxylation sites is 1. The predicted molar refractivity (Wildman–Crippen MR) is 121 cm³/mol. The van der Waals surface area contributed by atoms with Crippen molar-refractivity contribution in [3.8, 4) is 11.1 Å². The van der Waals surface area contributed by atoms with Crippen LogP contribution < -0.4 is 5.56 Å². The van der Waals surface area contributed by atoms with E-state index < -0.39 is 0 Å². The smallest absolute Gasteiger partial charge is 0.258 e. The standard InChI is InChI=1S/C26H24FN3O/c1-17-13-19(8-10-23(17)27)22-14-20-15-30(12-11-25(20)29(2)26(22)31)16-21-9-7-18-5-3-4-6-24(18)28-21/h3-10,13-14H,11-12,15-16H2,1-2H3. The van der Waals surface area contributed by atoms with Gasteiger partial charge in [0.25, 0.3) is 5.56 Å². The van der Waals surface area contributed by atoms with Gasteiger partial charge in [-0.2, -0.15) is 0 Å². The van der Waals surface area contributed by atoms with Crippen LogP contribution >= 0.6 is 0 Å². The molecular weight excluding hydrogens is 389 g/mol. The maximum Gasteiger partial charge on any atom is 0.258 e. The number of fused-ring (bicyclic) bond motifs is 2. The van der Waals surface area contributed by atoms with Gasteiger partial charge in [-0.3, -0.25) is 14.7 Å².